The van der Waals surface area contributed by atoms with E-state index in [0.717, 1.165) is 11.1 Å². The molecule has 35 heavy (non-hydrogen) atoms. The molecular formula is C26H29N3O6. The molecule has 3 atom stereocenters. The maximum atomic E-state index is 13.3. The van der Waals surface area contributed by atoms with Crippen LogP contribution in [0.15, 0.2) is 57.7 Å². The van der Waals surface area contributed by atoms with Crippen molar-refractivity contribution in [2.24, 2.45) is 5.92 Å². The van der Waals surface area contributed by atoms with Crippen LogP contribution in [0.4, 0.5) is 4.79 Å². The van der Waals surface area contributed by atoms with Gasteiger partial charge < -0.3 is 19.6 Å². The lowest BCUT2D eigenvalue weighted by atomic mass is 10.0. The molecule has 4 rings (SSSR count). The molecule has 0 spiro atoms. The van der Waals surface area contributed by atoms with Gasteiger partial charge in [-0.05, 0) is 30.0 Å². The predicted molar refractivity (Wildman–Crippen MR) is 128 cm³/mol. The largest absolute Gasteiger partial charge is 0.445 e. The van der Waals surface area contributed by atoms with Crippen LogP contribution in [0.3, 0.4) is 0 Å². The van der Waals surface area contributed by atoms with Crippen LogP contribution in [-0.2, 0) is 16.1 Å². The van der Waals surface area contributed by atoms with Gasteiger partial charge >= 0.3 is 11.7 Å². The lowest BCUT2D eigenvalue weighted by molar-refractivity contribution is -0.126. The summed E-state index contributed by atoms with van der Waals surface area (Å²) in [4.78, 5) is 44.3. The minimum absolute atomic E-state index is 0.0133. The second-order valence-corrected chi connectivity index (χ2v) is 9.14. The average Bonchev–Trinajstić information content (AvgIpc) is 3.23. The van der Waals surface area contributed by atoms with Crippen LogP contribution < -0.4 is 10.9 Å². The van der Waals surface area contributed by atoms with Crippen molar-refractivity contribution in [3.05, 3.63) is 76.0 Å². The molecule has 0 bridgehead atoms. The number of fused-ring (bicyclic) bond motifs is 1. The van der Waals surface area contributed by atoms with E-state index in [1.165, 1.54) is 4.90 Å². The van der Waals surface area contributed by atoms with E-state index >= 15 is 0 Å². The molecule has 1 fully saturated rings. The van der Waals surface area contributed by atoms with Gasteiger partial charge in [0, 0.05) is 6.42 Å². The fourth-order valence-electron chi connectivity index (χ4n) is 4.26. The van der Waals surface area contributed by atoms with Crippen LogP contribution in [-0.4, -0.2) is 45.7 Å². The van der Waals surface area contributed by atoms with Crippen LogP contribution in [0.25, 0.3) is 10.9 Å². The van der Waals surface area contributed by atoms with Gasteiger partial charge in [-0.25, -0.2) is 14.6 Å². The lowest BCUT2D eigenvalue weighted by Crippen LogP contribution is -2.47. The number of nitrogens with one attached hydrogen (secondary N) is 1. The van der Waals surface area contributed by atoms with Crippen molar-refractivity contribution < 1.29 is 23.8 Å². The molecule has 9 heteroatoms. The normalized spacial score (nSPS) is 18.6. The van der Waals surface area contributed by atoms with Crippen LogP contribution in [0.5, 0.6) is 0 Å². The molecule has 1 aliphatic heterocycles. The molecule has 184 valence electrons. The highest BCUT2D eigenvalue weighted by Crippen LogP contribution is 2.25. The summed E-state index contributed by atoms with van der Waals surface area (Å²) in [5.41, 5.74) is 1.53. The molecule has 0 unspecified atom stereocenters. The predicted octanol–water partition coefficient (Wildman–Crippen LogP) is 3.08. The molecule has 2 N–H and O–H groups in total. The number of aryl methyl sites for hydroxylation is 1. The lowest BCUT2D eigenvalue weighted by Gasteiger charge is -2.26. The van der Waals surface area contributed by atoms with Crippen molar-refractivity contribution >= 4 is 22.9 Å². The van der Waals surface area contributed by atoms with E-state index in [0.29, 0.717) is 10.9 Å². The van der Waals surface area contributed by atoms with E-state index in [2.05, 4.69) is 10.3 Å². The van der Waals surface area contributed by atoms with Gasteiger partial charge in [-0.3, -0.25) is 9.69 Å². The van der Waals surface area contributed by atoms with Crippen molar-refractivity contribution in [2.75, 3.05) is 6.54 Å². The molecule has 1 saturated heterocycles. The highest BCUT2D eigenvalue weighted by atomic mass is 16.6. The van der Waals surface area contributed by atoms with Crippen molar-refractivity contribution in [1.82, 2.24) is 15.2 Å². The number of hydrogen-bond acceptors (Lipinski definition) is 7. The maximum Gasteiger partial charge on any atom is 0.410 e. The number of aliphatic hydroxyl groups is 1. The Morgan fingerprint density at radius 3 is 2.66 bits per heavy atom. The van der Waals surface area contributed by atoms with Crippen molar-refractivity contribution in [2.45, 2.75) is 52.0 Å². The van der Waals surface area contributed by atoms with E-state index in [1.54, 1.807) is 25.1 Å². The number of ether oxygens (including phenoxy) is 1. The SMILES string of the molecule is Cc1cccc2nc([C@@H](NC(=O)[C@@H]3C[C@@H](O)CN3C(=O)OCc3ccccc3)C(C)C)oc(=O)c12. The van der Waals surface area contributed by atoms with E-state index in [9.17, 15) is 19.5 Å². The number of amides is 2. The number of aliphatic hydroxyl groups excluding tert-OH is 1. The number of benzene rings is 2. The van der Waals surface area contributed by atoms with Gasteiger partial charge in [-0.15, -0.1) is 0 Å². The van der Waals surface area contributed by atoms with Crippen LogP contribution in [0, 0.1) is 12.8 Å². The zero-order chi connectivity index (χ0) is 25.1. The molecule has 0 saturated carbocycles. The monoisotopic (exact) mass is 479 g/mol. The first-order chi connectivity index (χ1) is 16.7. The minimum Gasteiger partial charge on any atom is -0.445 e. The van der Waals surface area contributed by atoms with Crippen LogP contribution in [0.2, 0.25) is 0 Å². The molecule has 1 aliphatic rings. The topological polar surface area (TPSA) is 122 Å². The second-order valence-electron chi connectivity index (χ2n) is 9.14. The summed E-state index contributed by atoms with van der Waals surface area (Å²) < 4.78 is 10.9. The Morgan fingerprint density at radius 2 is 1.94 bits per heavy atom. The number of hydrogen-bond donors (Lipinski definition) is 2. The first kappa shape index (κ1) is 24.4. The summed E-state index contributed by atoms with van der Waals surface area (Å²) in [6, 6.07) is 12.9. The van der Waals surface area contributed by atoms with Crippen LogP contribution in [0.1, 0.15) is 43.3 Å². The summed E-state index contributed by atoms with van der Waals surface area (Å²) in [5, 5.41) is 13.5. The quantitative estimate of drug-likeness (QED) is 0.557. The first-order valence-electron chi connectivity index (χ1n) is 11.6. The Bertz CT molecular complexity index is 1270. The summed E-state index contributed by atoms with van der Waals surface area (Å²) in [7, 11) is 0. The number of nitrogens with zero attached hydrogens (tertiary/aromatic N) is 2. The zero-order valence-electron chi connectivity index (χ0n) is 19.9. The van der Waals surface area contributed by atoms with Gasteiger partial charge in [0.2, 0.25) is 11.8 Å². The smallest absolute Gasteiger partial charge is 0.410 e. The summed E-state index contributed by atoms with van der Waals surface area (Å²) in [6.45, 7) is 5.57. The maximum absolute atomic E-state index is 13.3. The fourth-order valence-corrected chi connectivity index (χ4v) is 4.26. The molecule has 2 aromatic carbocycles. The van der Waals surface area contributed by atoms with Gasteiger partial charge in [-0.2, -0.15) is 0 Å². The summed E-state index contributed by atoms with van der Waals surface area (Å²) in [6.07, 6.45) is -1.46. The third-order valence-corrected chi connectivity index (χ3v) is 6.13. The van der Waals surface area contributed by atoms with E-state index in [4.69, 9.17) is 9.15 Å². The number of aromatic nitrogens is 1. The highest BCUT2D eigenvalue weighted by Gasteiger charge is 2.41. The molecule has 9 nitrogen and oxygen atoms in total. The van der Waals surface area contributed by atoms with E-state index < -0.39 is 35.8 Å². The van der Waals surface area contributed by atoms with Crippen molar-refractivity contribution in [3.63, 3.8) is 0 Å². The molecule has 0 aliphatic carbocycles. The molecule has 3 aromatic rings. The van der Waals surface area contributed by atoms with Crippen LogP contribution >= 0.6 is 0 Å². The number of rotatable bonds is 6. The third-order valence-electron chi connectivity index (χ3n) is 6.13. The molecule has 1 aromatic heterocycles. The van der Waals surface area contributed by atoms with Gasteiger partial charge in [0.25, 0.3) is 0 Å². The van der Waals surface area contributed by atoms with Crippen molar-refractivity contribution in [3.8, 4) is 0 Å². The first-order valence-corrected chi connectivity index (χ1v) is 11.6. The van der Waals surface area contributed by atoms with E-state index in [-0.39, 0.29) is 31.4 Å². The number of likely N-dealkylation sites (tertiary alicyclic amines) is 1. The van der Waals surface area contributed by atoms with Gasteiger partial charge in [0.15, 0.2) is 0 Å². The fraction of sp³-hybridized carbons (Fsp3) is 0.385. The second kappa shape index (κ2) is 10.3. The minimum atomic E-state index is -0.927. The Morgan fingerprint density at radius 1 is 1.20 bits per heavy atom. The Balaban J connectivity index is 1.52. The van der Waals surface area contributed by atoms with Gasteiger partial charge in [0.1, 0.15) is 18.7 Å². The Kier molecular flexibility index (Phi) is 7.16. The van der Waals surface area contributed by atoms with Gasteiger partial charge in [0.05, 0.1) is 23.6 Å². The molecule has 0 radical (unpaired) electrons. The third kappa shape index (κ3) is 5.35. The summed E-state index contributed by atoms with van der Waals surface area (Å²) >= 11 is 0. The number of carbonyl (C=O) groups excluding carboxylic acids is 2. The Labute approximate surface area is 202 Å². The average molecular weight is 480 g/mol. The number of carbonyl (C=O) groups is 2. The highest BCUT2D eigenvalue weighted by molar-refractivity contribution is 5.87. The number of β-amino-alcohol motifs (C(OH)–C–C–N with tert-alkyl or cyclic N) is 1. The van der Waals surface area contributed by atoms with E-state index in [1.807, 2.05) is 44.2 Å². The molecule has 2 heterocycles. The zero-order valence-corrected chi connectivity index (χ0v) is 19.9. The summed E-state index contributed by atoms with van der Waals surface area (Å²) in [5.74, 6) is -0.555. The Hall–Kier alpha value is -3.72. The molecule has 2 amide bonds. The van der Waals surface area contributed by atoms with Crippen molar-refractivity contribution in [1.29, 1.82) is 0 Å². The van der Waals surface area contributed by atoms with Gasteiger partial charge in [-0.1, -0.05) is 56.3 Å². The molecular weight excluding hydrogens is 450 g/mol. The standard InChI is InChI=1S/C26H29N3O6/c1-15(2)22(24-27-19-11-7-8-16(3)21(19)25(32)35-24)28-23(31)20-12-18(30)13-29(20)26(33)34-14-17-9-5-4-6-10-17/h4-11,15,18,20,22,30H,12-14H2,1-3H3,(H,28,31)/t18-,20+,22+/m1/s1.